The van der Waals surface area contributed by atoms with Gasteiger partial charge >= 0.3 is 0 Å². The van der Waals surface area contributed by atoms with E-state index in [4.69, 9.17) is 4.74 Å². The van der Waals surface area contributed by atoms with Gasteiger partial charge in [0.05, 0.1) is 12.3 Å². The minimum Gasteiger partial charge on any atom is -0.384 e. The Bertz CT molecular complexity index is 422. The average Bonchev–Trinajstić information content (AvgIpc) is 2.69. The second-order valence-electron chi connectivity index (χ2n) is 3.78. The predicted molar refractivity (Wildman–Crippen MR) is 67.8 cm³/mol. The molecule has 0 amide bonds. The van der Waals surface area contributed by atoms with Crippen LogP contribution in [-0.4, -0.2) is 28.4 Å². The Kier molecular flexibility index (Phi) is 3.85. The summed E-state index contributed by atoms with van der Waals surface area (Å²) in [6, 6.07) is 6.04. The normalized spacial score (nSPS) is 13.1. The average molecular weight is 236 g/mol. The number of thioether (sulfide) groups is 1. The van der Waals surface area contributed by atoms with E-state index in [1.807, 2.05) is 36.2 Å². The zero-order valence-corrected chi connectivity index (χ0v) is 10.4. The number of hydrogen-bond donors (Lipinski definition) is 0. The van der Waals surface area contributed by atoms with E-state index in [2.05, 4.69) is 22.5 Å². The molecule has 2 aromatic heterocycles. The lowest BCUT2D eigenvalue weighted by Gasteiger charge is -2.07. The quantitative estimate of drug-likeness (QED) is 0.798. The summed E-state index contributed by atoms with van der Waals surface area (Å²) in [5, 5.41) is 0.509. The Labute approximate surface area is 99.8 Å². The van der Waals surface area contributed by atoms with Gasteiger partial charge in [0.2, 0.25) is 0 Å². The zero-order valence-electron chi connectivity index (χ0n) is 9.59. The molecule has 3 nitrogen and oxygen atoms in total. The first-order chi connectivity index (χ1) is 7.79. The highest BCUT2D eigenvalue weighted by molar-refractivity contribution is 7.99. The van der Waals surface area contributed by atoms with Gasteiger partial charge in [0.25, 0.3) is 0 Å². The van der Waals surface area contributed by atoms with Gasteiger partial charge in [-0.3, -0.25) is 0 Å². The predicted octanol–water partition coefficient (Wildman–Crippen LogP) is 2.60. The fourth-order valence-corrected chi connectivity index (χ4v) is 2.39. The van der Waals surface area contributed by atoms with Gasteiger partial charge in [-0.25, -0.2) is 4.98 Å². The number of methoxy groups -OCH3 is 1. The first-order valence-electron chi connectivity index (χ1n) is 5.33. The van der Waals surface area contributed by atoms with E-state index < -0.39 is 0 Å². The lowest BCUT2D eigenvalue weighted by molar-refractivity contribution is 0.203. The number of ether oxygens (including phenoxy) is 1. The number of rotatable bonds is 5. The molecule has 0 N–H and O–H groups in total. The van der Waals surface area contributed by atoms with E-state index in [-0.39, 0.29) is 0 Å². The van der Waals surface area contributed by atoms with Crippen LogP contribution in [0.1, 0.15) is 12.6 Å². The van der Waals surface area contributed by atoms with Crippen LogP contribution < -0.4 is 0 Å². The molecule has 0 saturated heterocycles. The van der Waals surface area contributed by atoms with Crippen LogP contribution in [0.3, 0.4) is 0 Å². The second kappa shape index (κ2) is 5.37. The van der Waals surface area contributed by atoms with Crippen LogP contribution in [0.15, 0.2) is 30.6 Å². The third kappa shape index (κ3) is 2.77. The molecular formula is C12H16N2OS. The van der Waals surface area contributed by atoms with E-state index in [9.17, 15) is 0 Å². The monoisotopic (exact) mass is 236 g/mol. The van der Waals surface area contributed by atoms with Gasteiger partial charge in [-0.05, 0) is 12.1 Å². The minimum absolute atomic E-state index is 0.509. The molecule has 0 radical (unpaired) electrons. The summed E-state index contributed by atoms with van der Waals surface area (Å²) in [6.45, 7) is 2.96. The lowest BCUT2D eigenvalue weighted by Crippen LogP contribution is -2.05. The van der Waals surface area contributed by atoms with Gasteiger partial charge in [0.15, 0.2) is 0 Å². The molecule has 4 heteroatoms. The van der Waals surface area contributed by atoms with Crippen molar-refractivity contribution in [3.05, 3.63) is 36.3 Å². The Morgan fingerprint density at radius 1 is 1.50 bits per heavy atom. The molecule has 2 rings (SSSR count). The summed E-state index contributed by atoms with van der Waals surface area (Å²) in [6.07, 6.45) is 4.11. The fourth-order valence-electron chi connectivity index (χ4n) is 1.57. The number of aromatic nitrogens is 2. The van der Waals surface area contributed by atoms with Crippen molar-refractivity contribution in [1.29, 1.82) is 0 Å². The third-order valence-electron chi connectivity index (χ3n) is 2.33. The first kappa shape index (κ1) is 11.5. The Hall–Kier alpha value is -1.00. The summed E-state index contributed by atoms with van der Waals surface area (Å²) in [5.41, 5.74) is 2.14. The van der Waals surface area contributed by atoms with Crippen LogP contribution in [0.5, 0.6) is 0 Å². The third-order valence-corrected chi connectivity index (χ3v) is 3.50. The molecule has 0 spiro atoms. The van der Waals surface area contributed by atoms with E-state index in [1.54, 1.807) is 7.11 Å². The molecule has 2 aromatic rings. The highest BCUT2D eigenvalue weighted by atomic mass is 32.2. The van der Waals surface area contributed by atoms with Gasteiger partial charge in [0, 0.05) is 30.5 Å². The number of imidazole rings is 1. The summed E-state index contributed by atoms with van der Waals surface area (Å²) in [7, 11) is 1.74. The van der Waals surface area contributed by atoms with Crippen LogP contribution in [0.2, 0.25) is 0 Å². The molecule has 2 heterocycles. The van der Waals surface area contributed by atoms with Crippen LogP contribution in [0.25, 0.3) is 5.65 Å². The van der Waals surface area contributed by atoms with E-state index in [1.165, 1.54) is 0 Å². The highest BCUT2D eigenvalue weighted by Crippen LogP contribution is 2.17. The van der Waals surface area contributed by atoms with Crippen molar-refractivity contribution in [3.63, 3.8) is 0 Å². The van der Waals surface area contributed by atoms with Gasteiger partial charge in [0.1, 0.15) is 5.65 Å². The van der Waals surface area contributed by atoms with E-state index in [0.717, 1.165) is 23.7 Å². The van der Waals surface area contributed by atoms with Crippen LogP contribution in [0.4, 0.5) is 0 Å². The Balaban J connectivity index is 1.99. The smallest absolute Gasteiger partial charge is 0.137 e. The van der Waals surface area contributed by atoms with E-state index >= 15 is 0 Å². The van der Waals surface area contributed by atoms with Gasteiger partial charge in [-0.1, -0.05) is 13.0 Å². The Morgan fingerprint density at radius 3 is 3.12 bits per heavy atom. The van der Waals surface area contributed by atoms with Gasteiger partial charge in [-0.15, -0.1) is 11.8 Å². The standard InChI is InChI=1S/C12H16N2OS/c1-10(8-15-2)16-9-11-7-14-6-4-3-5-12(14)13-11/h3-7,10H,8-9H2,1-2H3. The SMILES string of the molecule is COCC(C)SCc1cn2ccccc2n1. The molecule has 0 saturated carbocycles. The zero-order chi connectivity index (χ0) is 11.4. The van der Waals surface area contributed by atoms with E-state index in [0.29, 0.717) is 5.25 Å². The van der Waals surface area contributed by atoms with Crippen LogP contribution >= 0.6 is 11.8 Å². The largest absolute Gasteiger partial charge is 0.384 e. The van der Waals surface area contributed by atoms with Crippen molar-refractivity contribution in [3.8, 4) is 0 Å². The second-order valence-corrected chi connectivity index (χ2v) is 5.20. The minimum atomic E-state index is 0.509. The number of nitrogens with zero attached hydrogens (tertiary/aromatic N) is 2. The summed E-state index contributed by atoms with van der Waals surface area (Å²) in [5.74, 6) is 0.937. The maximum Gasteiger partial charge on any atom is 0.137 e. The van der Waals surface area contributed by atoms with Crippen LogP contribution in [0, 0.1) is 0 Å². The summed E-state index contributed by atoms with van der Waals surface area (Å²) in [4.78, 5) is 4.55. The van der Waals surface area contributed by atoms with Crippen LogP contribution in [-0.2, 0) is 10.5 Å². The molecule has 0 aliphatic rings. The molecule has 0 aliphatic heterocycles. The van der Waals surface area contributed by atoms with Crippen molar-refractivity contribution < 1.29 is 4.74 Å². The molecule has 16 heavy (non-hydrogen) atoms. The molecule has 0 aromatic carbocycles. The fraction of sp³-hybridized carbons (Fsp3) is 0.417. The molecular weight excluding hydrogens is 220 g/mol. The topological polar surface area (TPSA) is 26.5 Å². The van der Waals surface area contributed by atoms with Crippen molar-refractivity contribution in [1.82, 2.24) is 9.38 Å². The van der Waals surface area contributed by atoms with Crippen molar-refractivity contribution >= 4 is 17.4 Å². The maximum atomic E-state index is 5.10. The van der Waals surface area contributed by atoms with Crippen molar-refractivity contribution in [2.45, 2.75) is 17.9 Å². The highest BCUT2D eigenvalue weighted by Gasteiger charge is 2.05. The Morgan fingerprint density at radius 2 is 2.38 bits per heavy atom. The molecule has 0 aliphatic carbocycles. The number of fused-ring (bicyclic) bond motifs is 1. The molecule has 1 atom stereocenters. The molecule has 86 valence electrons. The molecule has 1 unspecified atom stereocenters. The van der Waals surface area contributed by atoms with Crippen molar-refractivity contribution in [2.24, 2.45) is 0 Å². The summed E-state index contributed by atoms with van der Waals surface area (Å²) >= 11 is 1.87. The maximum absolute atomic E-state index is 5.10. The van der Waals surface area contributed by atoms with Gasteiger partial charge in [-0.2, -0.15) is 0 Å². The number of pyridine rings is 1. The van der Waals surface area contributed by atoms with Crippen molar-refractivity contribution in [2.75, 3.05) is 13.7 Å². The lowest BCUT2D eigenvalue weighted by atomic mass is 10.5. The molecule has 0 fully saturated rings. The summed E-state index contributed by atoms with van der Waals surface area (Å²) < 4.78 is 7.16. The molecule has 0 bridgehead atoms. The first-order valence-corrected chi connectivity index (χ1v) is 6.37. The number of hydrogen-bond acceptors (Lipinski definition) is 3. The van der Waals surface area contributed by atoms with Gasteiger partial charge < -0.3 is 9.14 Å².